The Morgan fingerprint density at radius 2 is 1.62 bits per heavy atom. The number of aromatic nitrogens is 2. The number of thioether (sulfide) groups is 2. The topological polar surface area (TPSA) is 81.2 Å². The summed E-state index contributed by atoms with van der Waals surface area (Å²) in [4.78, 5) is 16.9. The third kappa shape index (κ3) is 6.65. The Labute approximate surface area is 228 Å². The van der Waals surface area contributed by atoms with E-state index in [9.17, 15) is 4.79 Å². The normalized spacial score (nSPS) is 15.7. The molecule has 0 aliphatic carbocycles. The zero-order valence-electron chi connectivity index (χ0n) is 19.9. The lowest BCUT2D eigenvalue weighted by Crippen LogP contribution is -2.12. The van der Waals surface area contributed by atoms with Crippen molar-refractivity contribution in [2.24, 2.45) is 10.7 Å². The Bertz CT molecular complexity index is 1450. The first-order chi connectivity index (χ1) is 18.2. The molecule has 1 aliphatic heterocycles. The smallest absolute Gasteiger partial charge is 0.232 e. The van der Waals surface area contributed by atoms with E-state index < -0.39 is 0 Å². The van der Waals surface area contributed by atoms with Crippen LogP contribution in [0.15, 0.2) is 118 Å². The van der Waals surface area contributed by atoms with E-state index in [0.29, 0.717) is 9.47 Å². The highest BCUT2D eigenvalue weighted by molar-refractivity contribution is 8.08. The molecule has 37 heavy (non-hydrogen) atoms. The van der Waals surface area contributed by atoms with Gasteiger partial charge in [0, 0.05) is 16.7 Å². The van der Waals surface area contributed by atoms with Crippen LogP contribution in [0.25, 0.3) is 4.91 Å². The van der Waals surface area contributed by atoms with Gasteiger partial charge in [-0.1, -0.05) is 120 Å². The van der Waals surface area contributed by atoms with E-state index in [4.69, 9.17) is 5.73 Å². The van der Waals surface area contributed by atoms with Crippen LogP contribution in [0.3, 0.4) is 0 Å². The molecule has 1 aliphatic rings. The zero-order chi connectivity index (χ0) is 25.5. The Hall–Kier alpha value is -3.46. The van der Waals surface area contributed by atoms with Gasteiger partial charge in [-0.25, -0.2) is 4.99 Å². The lowest BCUT2D eigenvalue weighted by Gasteiger charge is -2.28. The van der Waals surface area contributed by atoms with Gasteiger partial charge in [-0.05, 0) is 28.7 Å². The first-order valence-electron chi connectivity index (χ1n) is 11.7. The van der Waals surface area contributed by atoms with E-state index in [-0.39, 0.29) is 16.9 Å². The summed E-state index contributed by atoms with van der Waals surface area (Å²) in [6, 6.07) is 31.6. The minimum atomic E-state index is -0.383. The van der Waals surface area contributed by atoms with Crippen LogP contribution < -0.4 is 5.73 Å². The van der Waals surface area contributed by atoms with Gasteiger partial charge >= 0.3 is 0 Å². The predicted molar refractivity (Wildman–Crippen MR) is 156 cm³/mol. The highest BCUT2D eigenvalue weighted by atomic mass is 32.2. The average Bonchev–Trinajstić information content (AvgIpc) is 3.40. The minimum absolute atomic E-state index is 0.171. The fourth-order valence-electron chi connectivity index (χ4n) is 3.98. The van der Waals surface area contributed by atoms with Crippen molar-refractivity contribution in [2.45, 2.75) is 16.0 Å². The van der Waals surface area contributed by atoms with E-state index in [1.165, 1.54) is 44.7 Å². The van der Waals surface area contributed by atoms with Gasteiger partial charge in [0.05, 0.1) is 11.0 Å². The molecule has 0 fully saturated rings. The summed E-state index contributed by atoms with van der Waals surface area (Å²) >= 11 is 4.48. The van der Waals surface area contributed by atoms with Gasteiger partial charge in [-0.2, -0.15) is 0 Å². The lowest BCUT2D eigenvalue weighted by molar-refractivity contribution is -0.115. The number of aliphatic imine (C=N–C) groups is 1. The van der Waals surface area contributed by atoms with E-state index in [1.54, 1.807) is 0 Å². The van der Waals surface area contributed by atoms with Crippen molar-refractivity contribution in [2.75, 3.05) is 5.75 Å². The zero-order valence-corrected chi connectivity index (χ0v) is 22.3. The second-order valence-electron chi connectivity index (χ2n) is 8.30. The van der Waals surface area contributed by atoms with Crippen molar-refractivity contribution in [3.8, 4) is 0 Å². The molecule has 4 aromatic rings. The number of allylic oxidation sites excluding steroid dienone is 2. The van der Waals surface area contributed by atoms with Crippen molar-refractivity contribution >= 4 is 57.0 Å². The summed E-state index contributed by atoms with van der Waals surface area (Å²) in [6.45, 7) is 0. The molecular formula is C29H24N4OS3. The average molecular weight is 541 g/mol. The highest BCUT2D eigenvalue weighted by Gasteiger charge is 2.26. The lowest BCUT2D eigenvalue weighted by atomic mass is 9.94. The Morgan fingerprint density at radius 1 is 0.946 bits per heavy atom. The standard InChI is InChI=1S/C29H24N4OS3/c30-25(34)19-35-29-33-32-28(37-29)31-18-24-17-23(16-20-10-4-1-5-11-20)26(21-12-6-2-7-13-21)36-27(24)22-14-8-3-9-15-22/h1-15,17-18,26H,16,19H2,(H2,30,34). The van der Waals surface area contributed by atoms with Gasteiger partial charge in [-0.15, -0.1) is 22.0 Å². The molecule has 0 radical (unpaired) electrons. The van der Waals surface area contributed by atoms with Gasteiger partial charge in [0.15, 0.2) is 4.34 Å². The first-order valence-corrected chi connectivity index (χ1v) is 14.4. The number of benzene rings is 3. The summed E-state index contributed by atoms with van der Waals surface area (Å²) in [5.74, 6) is -0.212. The molecule has 0 saturated heterocycles. The molecule has 1 atom stereocenters. The quantitative estimate of drug-likeness (QED) is 0.185. The number of hydrogen-bond acceptors (Lipinski definition) is 7. The van der Waals surface area contributed by atoms with Crippen molar-refractivity contribution in [3.63, 3.8) is 0 Å². The number of rotatable bonds is 9. The van der Waals surface area contributed by atoms with Crippen LogP contribution in [0, 0.1) is 0 Å². The molecule has 1 unspecified atom stereocenters. The van der Waals surface area contributed by atoms with Crippen LogP contribution in [-0.4, -0.2) is 28.1 Å². The van der Waals surface area contributed by atoms with E-state index in [1.807, 2.05) is 30.1 Å². The largest absolute Gasteiger partial charge is 0.369 e. The summed E-state index contributed by atoms with van der Waals surface area (Å²) in [5, 5.41) is 9.03. The van der Waals surface area contributed by atoms with Gasteiger partial charge < -0.3 is 5.73 Å². The van der Waals surface area contributed by atoms with Gasteiger partial charge in [0.25, 0.3) is 0 Å². The molecule has 3 aromatic carbocycles. The van der Waals surface area contributed by atoms with Gasteiger partial charge in [0.1, 0.15) is 0 Å². The second kappa shape index (κ2) is 12.2. The monoisotopic (exact) mass is 540 g/mol. The second-order valence-corrected chi connectivity index (χ2v) is 11.6. The van der Waals surface area contributed by atoms with E-state index in [0.717, 1.165) is 17.6 Å². The number of nitrogens with zero attached hydrogens (tertiary/aromatic N) is 3. The van der Waals surface area contributed by atoms with Gasteiger partial charge in [-0.3, -0.25) is 4.79 Å². The van der Waals surface area contributed by atoms with Crippen LogP contribution in [0.2, 0.25) is 0 Å². The number of nitrogens with two attached hydrogens (primary N) is 1. The maximum atomic E-state index is 11.1. The van der Waals surface area contributed by atoms with Crippen molar-refractivity contribution in [3.05, 3.63) is 125 Å². The number of carbonyl (C=O) groups excluding carboxylic acids is 1. The molecule has 0 spiro atoms. The Balaban J connectivity index is 1.53. The maximum absolute atomic E-state index is 11.1. The summed E-state index contributed by atoms with van der Waals surface area (Å²) < 4.78 is 0.672. The Morgan fingerprint density at radius 3 is 2.32 bits per heavy atom. The van der Waals surface area contributed by atoms with Crippen LogP contribution in [-0.2, 0) is 11.2 Å². The summed E-state index contributed by atoms with van der Waals surface area (Å²) in [7, 11) is 0. The SMILES string of the molecule is NC(=O)CSc1nnc(N=CC2=C(c3ccccc3)SC(c3ccccc3)C(Cc3ccccc3)=C2)s1. The van der Waals surface area contributed by atoms with Crippen LogP contribution in [0.4, 0.5) is 5.13 Å². The van der Waals surface area contributed by atoms with Crippen LogP contribution in [0.1, 0.15) is 21.9 Å². The van der Waals surface area contributed by atoms with Crippen molar-refractivity contribution < 1.29 is 4.79 Å². The van der Waals surface area contributed by atoms with Crippen molar-refractivity contribution in [1.82, 2.24) is 10.2 Å². The molecule has 2 heterocycles. The molecule has 0 saturated carbocycles. The fraction of sp³-hybridized carbons (Fsp3) is 0.103. The van der Waals surface area contributed by atoms with Crippen molar-refractivity contribution in [1.29, 1.82) is 0 Å². The molecule has 1 amide bonds. The maximum Gasteiger partial charge on any atom is 0.232 e. The summed E-state index contributed by atoms with van der Waals surface area (Å²) in [5.41, 5.74) is 11.3. The van der Waals surface area contributed by atoms with Gasteiger partial charge in [0.2, 0.25) is 11.0 Å². The minimum Gasteiger partial charge on any atom is -0.369 e. The molecule has 2 N–H and O–H groups in total. The number of primary amides is 1. The molecule has 5 rings (SSSR count). The van der Waals surface area contributed by atoms with Crippen LogP contribution in [0.5, 0.6) is 0 Å². The summed E-state index contributed by atoms with van der Waals surface area (Å²) in [6.07, 6.45) is 5.00. The number of hydrogen-bond donors (Lipinski definition) is 1. The highest BCUT2D eigenvalue weighted by Crippen LogP contribution is 2.50. The molecule has 8 heteroatoms. The molecule has 5 nitrogen and oxygen atoms in total. The fourth-order valence-corrected chi connectivity index (χ4v) is 6.76. The molecular weight excluding hydrogens is 517 g/mol. The molecule has 184 valence electrons. The number of amides is 1. The van der Waals surface area contributed by atoms with E-state index >= 15 is 0 Å². The van der Waals surface area contributed by atoms with E-state index in [2.05, 4.69) is 100 Å². The van der Waals surface area contributed by atoms with Crippen LogP contribution >= 0.6 is 34.9 Å². The predicted octanol–water partition coefficient (Wildman–Crippen LogP) is 6.89. The Kier molecular flexibility index (Phi) is 8.30. The first kappa shape index (κ1) is 25.2. The third-order valence-corrected chi connectivity index (χ3v) is 9.12. The molecule has 0 bridgehead atoms. The molecule has 1 aromatic heterocycles. The third-order valence-electron chi connectivity index (χ3n) is 5.61. The number of carbonyl (C=O) groups is 1.